The molecule has 0 aliphatic rings. The Balaban J connectivity index is 1.95. The lowest BCUT2D eigenvalue weighted by Crippen LogP contribution is -2.28. The molecule has 2 nitrogen and oxygen atoms in total. The number of hydrogen-bond donors (Lipinski definition) is 1. The minimum atomic E-state index is 0.538. The van der Waals surface area contributed by atoms with E-state index in [1.165, 1.54) is 11.1 Å². The van der Waals surface area contributed by atoms with Crippen molar-refractivity contribution in [3.63, 3.8) is 0 Å². The van der Waals surface area contributed by atoms with Gasteiger partial charge >= 0.3 is 0 Å². The molecule has 0 fully saturated rings. The molecule has 0 aliphatic heterocycles. The van der Waals surface area contributed by atoms with E-state index in [2.05, 4.69) is 34.3 Å². The molecule has 21 heavy (non-hydrogen) atoms. The molecule has 1 N–H and O–H groups in total. The third-order valence-corrected chi connectivity index (χ3v) is 4.59. The molecule has 0 amide bonds. The van der Waals surface area contributed by atoms with Crippen LogP contribution in [0.1, 0.15) is 11.1 Å². The number of methoxy groups -OCH3 is 1. The van der Waals surface area contributed by atoms with Crippen LogP contribution >= 0.6 is 22.9 Å². The van der Waals surface area contributed by atoms with Gasteiger partial charge in [0.25, 0.3) is 0 Å². The zero-order valence-corrected chi connectivity index (χ0v) is 13.9. The van der Waals surface area contributed by atoms with Gasteiger partial charge in [0.1, 0.15) is 0 Å². The van der Waals surface area contributed by atoms with Crippen molar-refractivity contribution in [3.05, 3.63) is 57.2 Å². The van der Waals surface area contributed by atoms with E-state index in [0.29, 0.717) is 5.92 Å². The van der Waals surface area contributed by atoms with Crippen LogP contribution in [0.2, 0.25) is 5.02 Å². The van der Waals surface area contributed by atoms with Crippen molar-refractivity contribution in [2.75, 3.05) is 26.8 Å². The van der Waals surface area contributed by atoms with E-state index in [9.17, 15) is 0 Å². The van der Waals surface area contributed by atoms with Crippen molar-refractivity contribution in [2.24, 2.45) is 5.92 Å². The molecule has 114 valence electrons. The van der Waals surface area contributed by atoms with Gasteiger partial charge in [-0.2, -0.15) is 11.3 Å². The van der Waals surface area contributed by atoms with Crippen molar-refractivity contribution < 1.29 is 4.74 Å². The standard InChI is InChI=1S/C17H22ClNOS/c1-20-8-7-19-12-15(10-14-6-9-21-13-14)11-16-4-2-3-5-17(16)18/h2-6,9,13,15,19H,7-8,10-12H2,1H3. The van der Waals surface area contributed by atoms with Crippen molar-refractivity contribution in [3.8, 4) is 0 Å². The van der Waals surface area contributed by atoms with Crippen LogP contribution in [0.4, 0.5) is 0 Å². The zero-order chi connectivity index (χ0) is 14.9. The largest absolute Gasteiger partial charge is 0.383 e. The Bertz CT molecular complexity index is 515. The van der Waals surface area contributed by atoms with Gasteiger partial charge in [-0.05, 0) is 59.3 Å². The monoisotopic (exact) mass is 323 g/mol. The van der Waals surface area contributed by atoms with Crippen LogP contribution in [0.3, 0.4) is 0 Å². The normalized spacial score (nSPS) is 12.5. The molecular weight excluding hydrogens is 302 g/mol. The Hall–Kier alpha value is -0.870. The molecule has 4 heteroatoms. The third kappa shape index (κ3) is 5.79. The van der Waals surface area contributed by atoms with Gasteiger partial charge in [-0.3, -0.25) is 0 Å². The summed E-state index contributed by atoms with van der Waals surface area (Å²) in [7, 11) is 1.73. The summed E-state index contributed by atoms with van der Waals surface area (Å²) in [5.74, 6) is 0.538. The van der Waals surface area contributed by atoms with Crippen LogP contribution in [-0.2, 0) is 17.6 Å². The molecule has 1 aromatic carbocycles. The van der Waals surface area contributed by atoms with Crippen LogP contribution in [0, 0.1) is 5.92 Å². The van der Waals surface area contributed by atoms with Crippen LogP contribution in [0.15, 0.2) is 41.1 Å². The summed E-state index contributed by atoms with van der Waals surface area (Å²) in [6, 6.07) is 10.3. The van der Waals surface area contributed by atoms with E-state index in [4.69, 9.17) is 16.3 Å². The summed E-state index contributed by atoms with van der Waals surface area (Å²) in [6.07, 6.45) is 2.07. The Labute approximate surface area is 136 Å². The summed E-state index contributed by atoms with van der Waals surface area (Å²) in [5, 5.41) is 8.71. The Morgan fingerprint density at radius 3 is 2.81 bits per heavy atom. The Kier molecular flexibility index (Phi) is 7.24. The molecule has 1 unspecified atom stereocenters. The highest BCUT2D eigenvalue weighted by atomic mass is 35.5. The van der Waals surface area contributed by atoms with E-state index in [0.717, 1.165) is 37.6 Å². The first kappa shape index (κ1) is 16.5. The van der Waals surface area contributed by atoms with Gasteiger partial charge in [-0.15, -0.1) is 0 Å². The number of nitrogens with one attached hydrogen (secondary N) is 1. The van der Waals surface area contributed by atoms with Crippen LogP contribution in [0.5, 0.6) is 0 Å². The molecule has 0 saturated heterocycles. The number of halogens is 1. The molecule has 0 bridgehead atoms. The van der Waals surface area contributed by atoms with Gasteiger partial charge < -0.3 is 10.1 Å². The highest BCUT2D eigenvalue weighted by Gasteiger charge is 2.12. The number of ether oxygens (including phenoxy) is 1. The minimum Gasteiger partial charge on any atom is -0.383 e. The van der Waals surface area contributed by atoms with Crippen molar-refractivity contribution >= 4 is 22.9 Å². The predicted octanol–water partition coefficient (Wildman–Crippen LogP) is 4.04. The van der Waals surface area contributed by atoms with E-state index in [1.54, 1.807) is 18.4 Å². The lowest BCUT2D eigenvalue weighted by Gasteiger charge is -2.18. The fourth-order valence-corrected chi connectivity index (χ4v) is 3.31. The van der Waals surface area contributed by atoms with Gasteiger partial charge in [0.05, 0.1) is 6.61 Å². The molecule has 2 aromatic rings. The predicted molar refractivity (Wildman–Crippen MR) is 91.4 cm³/mol. The SMILES string of the molecule is COCCNCC(Cc1ccsc1)Cc1ccccc1Cl. The van der Waals surface area contributed by atoms with Crippen LogP contribution < -0.4 is 5.32 Å². The zero-order valence-electron chi connectivity index (χ0n) is 12.3. The van der Waals surface area contributed by atoms with Gasteiger partial charge in [0.2, 0.25) is 0 Å². The average Bonchev–Trinajstić information content (AvgIpc) is 2.99. The number of hydrogen-bond acceptors (Lipinski definition) is 3. The Morgan fingerprint density at radius 2 is 2.10 bits per heavy atom. The Morgan fingerprint density at radius 1 is 1.24 bits per heavy atom. The van der Waals surface area contributed by atoms with E-state index in [-0.39, 0.29) is 0 Å². The van der Waals surface area contributed by atoms with E-state index < -0.39 is 0 Å². The first-order valence-electron chi connectivity index (χ1n) is 7.23. The molecule has 0 saturated carbocycles. The summed E-state index contributed by atoms with van der Waals surface area (Å²) < 4.78 is 5.08. The molecule has 1 atom stereocenters. The van der Waals surface area contributed by atoms with Crippen molar-refractivity contribution in [2.45, 2.75) is 12.8 Å². The second-order valence-corrected chi connectivity index (χ2v) is 6.38. The van der Waals surface area contributed by atoms with E-state index in [1.807, 2.05) is 12.1 Å². The summed E-state index contributed by atoms with van der Waals surface area (Å²) >= 11 is 8.05. The van der Waals surface area contributed by atoms with Gasteiger partial charge in [-0.1, -0.05) is 29.8 Å². The quantitative estimate of drug-likeness (QED) is 0.703. The maximum absolute atomic E-state index is 6.30. The topological polar surface area (TPSA) is 21.3 Å². The third-order valence-electron chi connectivity index (χ3n) is 3.49. The second-order valence-electron chi connectivity index (χ2n) is 5.19. The molecule has 2 rings (SSSR count). The van der Waals surface area contributed by atoms with Crippen LogP contribution in [0.25, 0.3) is 0 Å². The molecule has 0 radical (unpaired) electrons. The van der Waals surface area contributed by atoms with Crippen LogP contribution in [-0.4, -0.2) is 26.8 Å². The van der Waals surface area contributed by atoms with Gasteiger partial charge in [-0.25, -0.2) is 0 Å². The van der Waals surface area contributed by atoms with Gasteiger partial charge in [0, 0.05) is 18.7 Å². The maximum Gasteiger partial charge on any atom is 0.0587 e. The van der Waals surface area contributed by atoms with Crippen molar-refractivity contribution in [1.82, 2.24) is 5.32 Å². The maximum atomic E-state index is 6.30. The number of thiophene rings is 1. The first-order valence-corrected chi connectivity index (χ1v) is 8.56. The fourth-order valence-electron chi connectivity index (χ4n) is 2.41. The molecule has 0 spiro atoms. The summed E-state index contributed by atoms with van der Waals surface area (Å²) in [4.78, 5) is 0. The highest BCUT2D eigenvalue weighted by Crippen LogP contribution is 2.21. The first-order chi connectivity index (χ1) is 10.3. The second kappa shape index (κ2) is 9.21. The number of benzene rings is 1. The lowest BCUT2D eigenvalue weighted by molar-refractivity contribution is 0.197. The van der Waals surface area contributed by atoms with Crippen molar-refractivity contribution in [1.29, 1.82) is 0 Å². The smallest absolute Gasteiger partial charge is 0.0587 e. The summed E-state index contributed by atoms with van der Waals surface area (Å²) in [5.41, 5.74) is 2.64. The molecule has 1 aromatic heterocycles. The van der Waals surface area contributed by atoms with E-state index >= 15 is 0 Å². The number of rotatable bonds is 9. The minimum absolute atomic E-state index is 0.538. The molecule has 0 aliphatic carbocycles. The highest BCUT2D eigenvalue weighted by molar-refractivity contribution is 7.07. The molecule has 1 heterocycles. The average molecular weight is 324 g/mol. The van der Waals surface area contributed by atoms with Gasteiger partial charge in [0.15, 0.2) is 0 Å². The molecular formula is C17H22ClNOS. The summed E-state index contributed by atoms with van der Waals surface area (Å²) in [6.45, 7) is 2.61. The fraction of sp³-hybridized carbons (Fsp3) is 0.412. The lowest BCUT2D eigenvalue weighted by atomic mass is 9.93.